The quantitative estimate of drug-likeness (QED) is 0.0203. The fraction of sp³-hybridized carbons (Fsp3) is 0.956. The van der Waals surface area contributed by atoms with Crippen LogP contribution < -0.4 is 0 Å². The van der Waals surface area contributed by atoms with Crippen molar-refractivity contribution in [1.82, 2.24) is 0 Å². The second-order valence-electron chi connectivity index (χ2n) is 16.1. The van der Waals surface area contributed by atoms with E-state index in [0.717, 1.165) is 44.9 Å². The number of rotatable bonds is 45. The molecule has 0 radical (unpaired) electrons. The lowest BCUT2D eigenvalue weighted by Gasteiger charge is -2.20. The molecule has 0 heterocycles. The summed E-state index contributed by atoms with van der Waals surface area (Å²) in [5.74, 6) is -0.786. The molecule has 0 spiro atoms. The Balaban J connectivity index is 4.39. The van der Waals surface area contributed by atoms with Gasteiger partial charge in [-0.05, 0) is 25.7 Å². The van der Waals surface area contributed by atoms with E-state index in [1.165, 1.54) is 165 Å². The van der Waals surface area contributed by atoms with Crippen molar-refractivity contribution in [1.29, 1.82) is 0 Å². The van der Waals surface area contributed by atoms with Gasteiger partial charge >= 0.3 is 19.8 Å². The molecule has 0 aliphatic heterocycles. The number of esters is 2. The fourth-order valence-electron chi connectivity index (χ4n) is 6.99. The summed E-state index contributed by atoms with van der Waals surface area (Å²) in [6, 6.07) is 0. The van der Waals surface area contributed by atoms with Crippen molar-refractivity contribution in [3.05, 3.63) is 0 Å². The Labute approximate surface area is 355 Å². The molecule has 0 bridgehead atoms. The molecule has 0 saturated heterocycles. The van der Waals surface area contributed by atoms with Crippen LogP contribution in [-0.2, 0) is 32.7 Å². The zero-order valence-corrected chi connectivity index (χ0v) is 39.2. The maximum Gasteiger partial charge on any atom is 0.472 e. The van der Waals surface area contributed by atoms with Crippen LogP contribution >= 0.6 is 30.3 Å². The molecule has 8 nitrogen and oxygen atoms in total. The van der Waals surface area contributed by atoms with Crippen LogP contribution in [0.4, 0.5) is 0 Å². The van der Waals surface area contributed by atoms with Crippen molar-refractivity contribution in [2.45, 2.75) is 257 Å². The first-order chi connectivity index (χ1) is 27.3. The number of thiol groups is 1. The lowest BCUT2D eigenvalue weighted by atomic mass is 10.0. The largest absolute Gasteiger partial charge is 0.472 e. The van der Waals surface area contributed by atoms with Gasteiger partial charge in [-0.2, -0.15) is 0 Å². The van der Waals surface area contributed by atoms with Gasteiger partial charge in [-0.1, -0.05) is 218 Å². The first-order valence-corrected chi connectivity index (χ1v) is 27.0. The van der Waals surface area contributed by atoms with Crippen molar-refractivity contribution < 1.29 is 37.6 Å². The third-order valence-corrected chi connectivity index (χ3v) is 13.2. The summed E-state index contributed by atoms with van der Waals surface area (Å²) < 4.78 is 34.1. The molecule has 0 amide bonds. The fourth-order valence-corrected chi connectivity index (χ4v) is 8.93. The number of phosphoric ester groups is 1. The topological polar surface area (TPSA) is 108 Å². The minimum atomic E-state index is -4.39. The van der Waals surface area contributed by atoms with E-state index in [4.69, 9.17) is 18.5 Å². The molecule has 0 aliphatic carbocycles. The molecule has 11 heteroatoms. The van der Waals surface area contributed by atoms with Crippen LogP contribution in [-0.4, -0.2) is 48.0 Å². The summed E-state index contributed by atoms with van der Waals surface area (Å²) >= 11 is 4.28. The molecule has 334 valence electrons. The molecule has 0 aromatic rings. The van der Waals surface area contributed by atoms with E-state index >= 15 is 0 Å². The Hall–Kier alpha value is -0.250. The molecule has 0 rings (SSSR count). The lowest BCUT2D eigenvalue weighted by Crippen LogP contribution is -2.29. The standard InChI is InChI=1S/C45H89O8PS2/c1-4-7-9-11-13-15-17-19-21-23-25-27-29-31-33-36-44(46)50-40-42(41-52-54(48,49)51-39-38-43(56-55)35-6-3)53-45(47)37-34-32-30-28-26-24-22-20-18-16-14-12-10-8-5-2/h42-43,55H,4-41H2,1-3H3,(H,48,49). The molecule has 0 fully saturated rings. The van der Waals surface area contributed by atoms with Crippen molar-refractivity contribution in [2.24, 2.45) is 0 Å². The first-order valence-electron chi connectivity index (χ1n) is 23.5. The molecule has 3 unspecified atom stereocenters. The summed E-state index contributed by atoms with van der Waals surface area (Å²) in [5.41, 5.74) is 0. The average Bonchev–Trinajstić information content (AvgIpc) is 3.18. The highest BCUT2D eigenvalue weighted by atomic mass is 33.1. The van der Waals surface area contributed by atoms with Crippen LogP contribution in [0, 0.1) is 0 Å². The van der Waals surface area contributed by atoms with Crippen LogP contribution in [0.5, 0.6) is 0 Å². The minimum absolute atomic E-state index is 0.0455. The van der Waals surface area contributed by atoms with Gasteiger partial charge in [-0.25, -0.2) is 4.57 Å². The number of ether oxygens (including phenoxy) is 2. The van der Waals surface area contributed by atoms with E-state index in [1.54, 1.807) is 0 Å². The molecule has 0 aliphatic rings. The van der Waals surface area contributed by atoms with Crippen LogP contribution in [0.3, 0.4) is 0 Å². The smallest absolute Gasteiger partial charge is 0.462 e. The Kier molecular flexibility index (Phi) is 42.7. The number of hydrogen-bond acceptors (Lipinski definition) is 9. The molecule has 0 aromatic heterocycles. The highest BCUT2D eigenvalue weighted by Gasteiger charge is 2.26. The lowest BCUT2D eigenvalue weighted by molar-refractivity contribution is -0.161. The number of hydrogen-bond donors (Lipinski definition) is 2. The van der Waals surface area contributed by atoms with E-state index in [9.17, 15) is 19.0 Å². The highest BCUT2D eigenvalue weighted by molar-refractivity contribution is 8.68. The molecular weight excluding hydrogens is 764 g/mol. The molecule has 3 atom stereocenters. The Morgan fingerprint density at radius 1 is 0.518 bits per heavy atom. The predicted octanol–water partition coefficient (Wildman–Crippen LogP) is 15.2. The third kappa shape index (κ3) is 40.5. The van der Waals surface area contributed by atoms with Crippen LogP contribution in [0.2, 0.25) is 0 Å². The summed E-state index contributed by atoms with van der Waals surface area (Å²) in [4.78, 5) is 35.6. The molecule has 0 aromatic carbocycles. The Morgan fingerprint density at radius 2 is 0.893 bits per heavy atom. The second kappa shape index (κ2) is 42.9. The monoisotopic (exact) mass is 853 g/mol. The van der Waals surface area contributed by atoms with Gasteiger partial charge in [-0.3, -0.25) is 18.6 Å². The minimum Gasteiger partial charge on any atom is -0.462 e. The van der Waals surface area contributed by atoms with Crippen LogP contribution in [0.25, 0.3) is 0 Å². The average molecular weight is 853 g/mol. The van der Waals surface area contributed by atoms with E-state index in [2.05, 4.69) is 32.4 Å². The van der Waals surface area contributed by atoms with Gasteiger partial charge in [0, 0.05) is 18.1 Å². The van der Waals surface area contributed by atoms with E-state index < -0.39 is 26.5 Å². The zero-order chi connectivity index (χ0) is 41.2. The third-order valence-electron chi connectivity index (χ3n) is 10.6. The number of carbonyl (C=O) groups excluding carboxylic acids is 2. The normalized spacial score (nSPS) is 13.7. The van der Waals surface area contributed by atoms with Gasteiger partial charge in [0.05, 0.1) is 13.2 Å². The van der Waals surface area contributed by atoms with Crippen molar-refractivity contribution >= 4 is 42.2 Å². The van der Waals surface area contributed by atoms with Crippen LogP contribution in [0.1, 0.15) is 245 Å². The van der Waals surface area contributed by atoms with Crippen molar-refractivity contribution in [3.63, 3.8) is 0 Å². The van der Waals surface area contributed by atoms with E-state index in [1.807, 2.05) is 0 Å². The maximum absolute atomic E-state index is 12.7. The Morgan fingerprint density at radius 3 is 1.27 bits per heavy atom. The summed E-state index contributed by atoms with van der Waals surface area (Å²) in [6.07, 6.45) is 39.5. The van der Waals surface area contributed by atoms with Gasteiger partial charge in [0.15, 0.2) is 6.10 Å². The SMILES string of the molecule is CCCCCCCCCCCCCCCCCC(=O)OCC(COP(=O)(O)OCCC(CCC)SS)OC(=O)CCCCCCCCCCCCCCCCC. The number of unbranched alkanes of at least 4 members (excludes halogenated alkanes) is 28. The van der Waals surface area contributed by atoms with Crippen molar-refractivity contribution in [3.8, 4) is 0 Å². The number of carbonyl (C=O) groups is 2. The zero-order valence-electron chi connectivity index (χ0n) is 36.6. The molecule has 56 heavy (non-hydrogen) atoms. The molecule has 0 saturated carbocycles. The van der Waals surface area contributed by atoms with Gasteiger partial charge in [0.2, 0.25) is 0 Å². The Bertz CT molecular complexity index is 911. The van der Waals surface area contributed by atoms with E-state index in [-0.39, 0.29) is 30.9 Å². The van der Waals surface area contributed by atoms with Gasteiger partial charge in [0.1, 0.15) is 6.61 Å². The predicted molar refractivity (Wildman–Crippen MR) is 242 cm³/mol. The van der Waals surface area contributed by atoms with Crippen molar-refractivity contribution in [2.75, 3.05) is 19.8 Å². The maximum atomic E-state index is 12.7. The van der Waals surface area contributed by atoms with Gasteiger partial charge in [0.25, 0.3) is 0 Å². The highest BCUT2D eigenvalue weighted by Crippen LogP contribution is 2.44. The summed E-state index contributed by atoms with van der Waals surface area (Å²) in [6.45, 7) is 6.02. The van der Waals surface area contributed by atoms with Gasteiger partial charge < -0.3 is 14.4 Å². The second-order valence-corrected chi connectivity index (χ2v) is 19.1. The summed E-state index contributed by atoms with van der Waals surface area (Å²) in [5, 5.41) is 0.209. The first kappa shape index (κ1) is 55.8. The van der Waals surface area contributed by atoms with Gasteiger partial charge in [-0.15, -0.1) is 11.7 Å². The number of phosphoric acid groups is 1. The molecular formula is C45H89O8PS2. The van der Waals surface area contributed by atoms with E-state index in [0.29, 0.717) is 19.3 Å². The summed E-state index contributed by atoms with van der Waals surface area (Å²) in [7, 11) is -2.98. The van der Waals surface area contributed by atoms with Crippen LogP contribution in [0.15, 0.2) is 0 Å². The molecule has 1 N–H and O–H groups in total.